The van der Waals surface area contributed by atoms with Crippen molar-refractivity contribution in [2.75, 3.05) is 31.1 Å². The Morgan fingerprint density at radius 1 is 1.00 bits per heavy atom. The summed E-state index contributed by atoms with van der Waals surface area (Å²) in [7, 11) is 0. The highest BCUT2D eigenvalue weighted by Gasteiger charge is 2.21. The Balaban J connectivity index is 1.41. The average Bonchev–Trinajstić information content (AvgIpc) is 3.00. The lowest BCUT2D eigenvalue weighted by molar-refractivity contribution is -0.923. The Morgan fingerprint density at radius 2 is 1.74 bits per heavy atom. The molecule has 1 fully saturated rings. The zero-order valence-electron chi connectivity index (χ0n) is 12.8. The van der Waals surface area contributed by atoms with Crippen LogP contribution in [0.4, 0.5) is 10.1 Å². The van der Waals surface area contributed by atoms with E-state index >= 15 is 0 Å². The molecule has 0 spiro atoms. The summed E-state index contributed by atoms with van der Waals surface area (Å²) in [4.78, 5) is 3.79. The molecule has 1 aliphatic rings. The van der Waals surface area contributed by atoms with Gasteiger partial charge in [0.25, 0.3) is 0 Å². The van der Waals surface area contributed by atoms with E-state index in [1.54, 1.807) is 0 Å². The number of rotatable bonds is 3. The van der Waals surface area contributed by atoms with Gasteiger partial charge in [0.2, 0.25) is 0 Å². The molecule has 23 heavy (non-hydrogen) atoms. The van der Waals surface area contributed by atoms with Crippen LogP contribution in [0.15, 0.2) is 48.5 Å². The van der Waals surface area contributed by atoms with Gasteiger partial charge in [0.1, 0.15) is 11.3 Å². The fraction of sp³-hybridized carbons (Fsp3) is 0.294. The molecule has 2 aromatic carbocycles. The van der Waals surface area contributed by atoms with Crippen molar-refractivity contribution in [3.8, 4) is 0 Å². The molecule has 4 rings (SSSR count). The van der Waals surface area contributed by atoms with Crippen LogP contribution in [-0.4, -0.2) is 41.2 Å². The van der Waals surface area contributed by atoms with E-state index < -0.39 is 0 Å². The number of nitrogens with zero attached hydrogens (tertiary/aromatic N) is 4. The van der Waals surface area contributed by atoms with Crippen LogP contribution in [0.25, 0.3) is 11.0 Å². The molecule has 1 saturated heterocycles. The van der Waals surface area contributed by atoms with Gasteiger partial charge in [0.15, 0.2) is 6.67 Å². The topological polar surface area (TPSA) is 38.4 Å². The molecule has 0 aliphatic carbocycles. The second-order valence-electron chi connectivity index (χ2n) is 5.95. The van der Waals surface area contributed by atoms with Gasteiger partial charge in [-0.2, -0.15) is 4.68 Å². The molecule has 118 valence electrons. The maximum atomic E-state index is 13.0. The Morgan fingerprint density at radius 3 is 2.52 bits per heavy atom. The summed E-state index contributed by atoms with van der Waals surface area (Å²) in [6, 6.07) is 14.8. The van der Waals surface area contributed by atoms with Gasteiger partial charge in [-0.1, -0.05) is 17.3 Å². The molecule has 0 atom stereocenters. The first-order valence-electron chi connectivity index (χ1n) is 7.92. The van der Waals surface area contributed by atoms with Crippen molar-refractivity contribution in [3.63, 3.8) is 0 Å². The first kappa shape index (κ1) is 14.1. The number of anilines is 1. The molecule has 0 amide bonds. The Hall–Kier alpha value is -2.47. The van der Waals surface area contributed by atoms with E-state index in [-0.39, 0.29) is 5.82 Å². The largest absolute Gasteiger partial charge is 0.360 e. The Bertz CT molecular complexity index is 790. The molecule has 2 heterocycles. The highest BCUT2D eigenvalue weighted by Crippen LogP contribution is 2.14. The monoisotopic (exact) mass is 312 g/mol. The van der Waals surface area contributed by atoms with E-state index in [0.29, 0.717) is 0 Å². The Labute approximate surface area is 133 Å². The second-order valence-corrected chi connectivity index (χ2v) is 5.95. The van der Waals surface area contributed by atoms with Gasteiger partial charge < -0.3 is 9.80 Å². The van der Waals surface area contributed by atoms with E-state index in [1.165, 1.54) is 17.0 Å². The highest BCUT2D eigenvalue weighted by molar-refractivity contribution is 5.73. The summed E-state index contributed by atoms with van der Waals surface area (Å²) in [5.74, 6) is -0.184. The van der Waals surface area contributed by atoms with Crippen molar-refractivity contribution in [2.24, 2.45) is 0 Å². The van der Waals surface area contributed by atoms with Gasteiger partial charge in [-0.25, -0.2) is 4.39 Å². The third-order valence-corrected chi connectivity index (χ3v) is 4.46. The van der Waals surface area contributed by atoms with Crippen LogP contribution in [0, 0.1) is 5.82 Å². The number of aromatic nitrogens is 3. The second kappa shape index (κ2) is 5.96. The molecule has 0 unspecified atom stereocenters. The van der Waals surface area contributed by atoms with Gasteiger partial charge in [-0.05, 0) is 36.4 Å². The minimum absolute atomic E-state index is 0.184. The SMILES string of the molecule is Fc1ccc(N2CC[NH+](Cn3nnc4ccccc43)CC2)cc1. The van der Waals surface area contributed by atoms with Crippen LogP contribution in [0.3, 0.4) is 0 Å². The Kier molecular flexibility index (Phi) is 3.67. The smallest absolute Gasteiger partial charge is 0.175 e. The summed E-state index contributed by atoms with van der Waals surface area (Å²) in [5.41, 5.74) is 3.12. The number of quaternary nitrogens is 1. The summed E-state index contributed by atoms with van der Waals surface area (Å²) in [5, 5.41) is 8.48. The number of para-hydroxylation sites is 1. The van der Waals surface area contributed by atoms with Crippen molar-refractivity contribution >= 4 is 16.7 Å². The summed E-state index contributed by atoms with van der Waals surface area (Å²) in [6.45, 7) is 4.83. The summed E-state index contributed by atoms with van der Waals surface area (Å²) < 4.78 is 15.0. The highest BCUT2D eigenvalue weighted by atomic mass is 19.1. The molecule has 0 saturated carbocycles. The van der Waals surface area contributed by atoms with Crippen molar-refractivity contribution in [2.45, 2.75) is 6.67 Å². The zero-order valence-corrected chi connectivity index (χ0v) is 12.8. The molecule has 6 heteroatoms. The molecular weight excluding hydrogens is 293 g/mol. The molecule has 0 radical (unpaired) electrons. The molecule has 1 aliphatic heterocycles. The fourth-order valence-corrected chi connectivity index (χ4v) is 3.14. The van der Waals surface area contributed by atoms with Crippen LogP contribution >= 0.6 is 0 Å². The number of benzene rings is 2. The van der Waals surface area contributed by atoms with E-state index in [4.69, 9.17) is 0 Å². The van der Waals surface area contributed by atoms with Crippen LogP contribution in [0.5, 0.6) is 0 Å². The van der Waals surface area contributed by atoms with E-state index in [0.717, 1.165) is 49.6 Å². The zero-order chi connectivity index (χ0) is 15.6. The number of fused-ring (bicyclic) bond motifs is 1. The van der Waals surface area contributed by atoms with E-state index in [9.17, 15) is 4.39 Å². The lowest BCUT2D eigenvalue weighted by Gasteiger charge is -2.33. The maximum Gasteiger partial charge on any atom is 0.175 e. The first-order chi connectivity index (χ1) is 11.3. The van der Waals surface area contributed by atoms with E-state index in [2.05, 4.69) is 21.3 Å². The van der Waals surface area contributed by atoms with Crippen LogP contribution < -0.4 is 9.80 Å². The van der Waals surface area contributed by atoms with Crippen molar-refractivity contribution < 1.29 is 9.29 Å². The fourth-order valence-electron chi connectivity index (χ4n) is 3.14. The first-order valence-corrected chi connectivity index (χ1v) is 7.92. The van der Waals surface area contributed by atoms with Crippen LogP contribution in [-0.2, 0) is 6.67 Å². The molecule has 1 N–H and O–H groups in total. The number of hydrogen-bond acceptors (Lipinski definition) is 3. The normalized spacial score (nSPS) is 16.1. The van der Waals surface area contributed by atoms with Crippen LogP contribution in [0.1, 0.15) is 0 Å². The van der Waals surface area contributed by atoms with E-state index in [1.807, 2.05) is 35.0 Å². The minimum Gasteiger partial charge on any atom is -0.360 e. The lowest BCUT2D eigenvalue weighted by Crippen LogP contribution is -3.14. The third-order valence-electron chi connectivity index (χ3n) is 4.46. The predicted octanol–water partition coefficient (Wildman–Crippen LogP) is 0.933. The van der Waals surface area contributed by atoms with Gasteiger partial charge in [0, 0.05) is 5.69 Å². The predicted molar refractivity (Wildman–Crippen MR) is 86.8 cm³/mol. The number of nitrogens with one attached hydrogen (secondary N) is 1. The minimum atomic E-state index is -0.184. The summed E-state index contributed by atoms with van der Waals surface area (Å²) in [6.07, 6.45) is 0. The number of hydrogen-bond donors (Lipinski definition) is 1. The molecule has 0 bridgehead atoms. The van der Waals surface area contributed by atoms with Gasteiger partial charge in [-0.3, -0.25) is 0 Å². The summed E-state index contributed by atoms with van der Waals surface area (Å²) >= 11 is 0. The molecule has 1 aromatic heterocycles. The molecule has 5 nitrogen and oxygen atoms in total. The standard InChI is InChI=1S/C17H18FN5/c18-14-5-7-15(8-6-14)22-11-9-21(10-12-22)13-23-17-4-2-1-3-16(17)19-20-23/h1-8H,9-13H2/p+1. The van der Waals surface area contributed by atoms with Gasteiger partial charge >= 0.3 is 0 Å². The van der Waals surface area contributed by atoms with Gasteiger partial charge in [0.05, 0.1) is 31.7 Å². The number of halogens is 1. The molecular formula is C17H19FN5+. The number of piperazine rings is 1. The van der Waals surface area contributed by atoms with Gasteiger partial charge in [-0.15, -0.1) is 5.10 Å². The average molecular weight is 312 g/mol. The molecule has 3 aromatic rings. The van der Waals surface area contributed by atoms with Crippen LogP contribution in [0.2, 0.25) is 0 Å². The van der Waals surface area contributed by atoms with Crippen molar-refractivity contribution in [1.82, 2.24) is 15.0 Å². The van der Waals surface area contributed by atoms with Crippen molar-refractivity contribution in [3.05, 3.63) is 54.3 Å². The van der Waals surface area contributed by atoms with Crippen molar-refractivity contribution in [1.29, 1.82) is 0 Å². The lowest BCUT2D eigenvalue weighted by atomic mass is 10.2. The maximum absolute atomic E-state index is 13.0. The third kappa shape index (κ3) is 2.90. The quantitative estimate of drug-likeness (QED) is 0.782.